The van der Waals surface area contributed by atoms with Crippen molar-refractivity contribution in [3.8, 4) is 0 Å². The SMILES string of the molecule is Cc1cc(F)ccc1S(=O)(=O)NCC(O)(c1ccccc1)C1CC1. The van der Waals surface area contributed by atoms with Crippen LogP contribution >= 0.6 is 0 Å². The Morgan fingerprint density at radius 3 is 2.46 bits per heavy atom. The molecule has 4 nitrogen and oxygen atoms in total. The minimum atomic E-state index is -3.83. The Kier molecular flexibility index (Phi) is 4.46. The number of hydrogen-bond donors (Lipinski definition) is 2. The van der Waals surface area contributed by atoms with Crippen molar-refractivity contribution in [1.82, 2.24) is 4.72 Å². The average molecular weight is 349 g/mol. The Morgan fingerprint density at radius 1 is 1.21 bits per heavy atom. The highest BCUT2D eigenvalue weighted by atomic mass is 32.2. The molecule has 1 aliphatic rings. The fraction of sp³-hybridized carbons (Fsp3) is 0.333. The first-order chi connectivity index (χ1) is 11.3. The Labute approximate surface area is 141 Å². The van der Waals surface area contributed by atoms with Crippen molar-refractivity contribution in [3.63, 3.8) is 0 Å². The Bertz CT molecular complexity index is 835. The lowest BCUT2D eigenvalue weighted by molar-refractivity contribution is 0.0185. The summed E-state index contributed by atoms with van der Waals surface area (Å²) in [5.74, 6) is -0.442. The van der Waals surface area contributed by atoms with E-state index in [1.165, 1.54) is 12.1 Å². The number of rotatable bonds is 6. The van der Waals surface area contributed by atoms with Crippen LogP contribution < -0.4 is 4.72 Å². The van der Waals surface area contributed by atoms with Gasteiger partial charge in [0.2, 0.25) is 10.0 Å². The summed E-state index contributed by atoms with van der Waals surface area (Å²) in [6.45, 7) is 1.43. The number of hydrogen-bond acceptors (Lipinski definition) is 3. The number of sulfonamides is 1. The van der Waals surface area contributed by atoms with Crippen LogP contribution in [0.4, 0.5) is 4.39 Å². The van der Waals surface area contributed by atoms with E-state index in [1.807, 2.05) is 18.2 Å². The van der Waals surface area contributed by atoms with Crippen LogP contribution in [0.5, 0.6) is 0 Å². The van der Waals surface area contributed by atoms with Gasteiger partial charge in [-0.15, -0.1) is 0 Å². The van der Waals surface area contributed by atoms with Gasteiger partial charge < -0.3 is 5.11 Å². The Hall–Kier alpha value is -1.76. The van der Waals surface area contributed by atoms with E-state index in [1.54, 1.807) is 19.1 Å². The van der Waals surface area contributed by atoms with E-state index in [9.17, 15) is 17.9 Å². The molecule has 0 radical (unpaired) electrons. The van der Waals surface area contributed by atoms with Gasteiger partial charge >= 0.3 is 0 Å². The summed E-state index contributed by atoms with van der Waals surface area (Å²) in [6.07, 6.45) is 1.73. The highest BCUT2D eigenvalue weighted by Crippen LogP contribution is 2.45. The van der Waals surface area contributed by atoms with Crippen LogP contribution in [-0.2, 0) is 15.6 Å². The van der Waals surface area contributed by atoms with Crippen LogP contribution in [0.2, 0.25) is 0 Å². The molecule has 2 aromatic rings. The van der Waals surface area contributed by atoms with Gasteiger partial charge in [0, 0.05) is 6.54 Å². The maximum atomic E-state index is 13.2. The summed E-state index contributed by atoms with van der Waals surface area (Å²) in [6, 6.07) is 12.6. The monoisotopic (exact) mass is 349 g/mol. The van der Waals surface area contributed by atoms with Gasteiger partial charge in [0.25, 0.3) is 0 Å². The zero-order valence-electron chi connectivity index (χ0n) is 13.4. The van der Waals surface area contributed by atoms with E-state index in [2.05, 4.69) is 4.72 Å². The van der Waals surface area contributed by atoms with Gasteiger partial charge in [-0.25, -0.2) is 17.5 Å². The summed E-state index contributed by atoms with van der Waals surface area (Å²) >= 11 is 0. The van der Waals surface area contributed by atoms with E-state index in [-0.39, 0.29) is 17.4 Å². The molecular formula is C18H20FNO3S. The Morgan fingerprint density at radius 2 is 1.88 bits per heavy atom. The fourth-order valence-corrected chi connectivity index (χ4v) is 4.26. The lowest BCUT2D eigenvalue weighted by atomic mass is 9.89. The molecule has 0 bridgehead atoms. The van der Waals surface area contributed by atoms with Gasteiger partial charge in [0.15, 0.2) is 0 Å². The van der Waals surface area contributed by atoms with E-state index < -0.39 is 21.4 Å². The number of aliphatic hydroxyl groups is 1. The highest BCUT2D eigenvalue weighted by Gasteiger charge is 2.45. The third-order valence-electron chi connectivity index (χ3n) is 4.48. The van der Waals surface area contributed by atoms with Crippen LogP contribution in [-0.4, -0.2) is 20.1 Å². The Balaban J connectivity index is 1.85. The van der Waals surface area contributed by atoms with Crippen molar-refractivity contribution < 1.29 is 17.9 Å². The summed E-state index contributed by atoms with van der Waals surface area (Å²) in [4.78, 5) is 0.0232. The zero-order chi connectivity index (χ0) is 17.4. The molecule has 0 aliphatic heterocycles. The van der Waals surface area contributed by atoms with Gasteiger partial charge in [0.05, 0.1) is 4.90 Å². The van der Waals surface area contributed by atoms with Gasteiger partial charge in [-0.3, -0.25) is 0 Å². The van der Waals surface area contributed by atoms with Gasteiger partial charge in [-0.1, -0.05) is 30.3 Å². The third-order valence-corrected chi connectivity index (χ3v) is 6.05. The van der Waals surface area contributed by atoms with Crippen molar-refractivity contribution in [2.45, 2.75) is 30.3 Å². The first-order valence-corrected chi connectivity index (χ1v) is 9.35. The molecule has 1 aliphatic carbocycles. The largest absolute Gasteiger partial charge is 0.383 e. The molecule has 0 spiro atoms. The van der Waals surface area contributed by atoms with Crippen molar-refractivity contribution >= 4 is 10.0 Å². The molecule has 0 amide bonds. The molecule has 24 heavy (non-hydrogen) atoms. The van der Waals surface area contributed by atoms with Crippen LogP contribution in [0.3, 0.4) is 0 Å². The summed E-state index contributed by atoms with van der Waals surface area (Å²) in [7, 11) is -3.83. The molecule has 1 unspecified atom stereocenters. The third kappa shape index (κ3) is 3.36. The van der Waals surface area contributed by atoms with Crippen LogP contribution in [0, 0.1) is 18.7 Å². The number of benzene rings is 2. The van der Waals surface area contributed by atoms with Crippen molar-refractivity contribution in [1.29, 1.82) is 0 Å². The normalized spacial score (nSPS) is 17.5. The van der Waals surface area contributed by atoms with E-state index in [0.717, 1.165) is 18.9 Å². The van der Waals surface area contributed by atoms with E-state index in [0.29, 0.717) is 11.1 Å². The minimum Gasteiger partial charge on any atom is -0.383 e. The number of halogens is 1. The standard InChI is InChI=1S/C18H20FNO3S/c1-13-11-16(19)9-10-17(13)24(22,23)20-12-18(21,15-7-8-15)14-5-3-2-4-6-14/h2-6,9-11,15,20-21H,7-8,12H2,1H3. The van der Waals surface area contributed by atoms with Crippen molar-refractivity contribution in [2.24, 2.45) is 5.92 Å². The topological polar surface area (TPSA) is 66.4 Å². The quantitative estimate of drug-likeness (QED) is 0.843. The minimum absolute atomic E-state index is 0.0232. The fourth-order valence-electron chi connectivity index (χ4n) is 2.97. The molecule has 128 valence electrons. The second-order valence-electron chi connectivity index (χ2n) is 6.30. The molecule has 6 heteroatoms. The van der Waals surface area contributed by atoms with Gasteiger partial charge in [-0.05, 0) is 55.0 Å². The second kappa shape index (κ2) is 6.27. The van der Waals surface area contributed by atoms with Gasteiger partial charge in [0.1, 0.15) is 11.4 Å². The second-order valence-corrected chi connectivity index (χ2v) is 8.03. The van der Waals surface area contributed by atoms with Gasteiger partial charge in [-0.2, -0.15) is 0 Å². The smallest absolute Gasteiger partial charge is 0.240 e. The predicted octanol–water partition coefficient (Wildman–Crippen LogP) is 2.71. The molecule has 0 saturated heterocycles. The first-order valence-electron chi connectivity index (χ1n) is 7.87. The molecule has 1 saturated carbocycles. The molecule has 2 aromatic carbocycles. The number of nitrogens with one attached hydrogen (secondary N) is 1. The van der Waals surface area contributed by atoms with Crippen molar-refractivity contribution in [3.05, 3.63) is 65.5 Å². The van der Waals surface area contributed by atoms with Crippen LogP contribution in [0.15, 0.2) is 53.4 Å². The number of aryl methyl sites for hydroxylation is 1. The molecule has 1 atom stereocenters. The van der Waals surface area contributed by atoms with E-state index in [4.69, 9.17) is 0 Å². The van der Waals surface area contributed by atoms with Crippen molar-refractivity contribution in [2.75, 3.05) is 6.54 Å². The zero-order valence-corrected chi connectivity index (χ0v) is 14.2. The maximum absolute atomic E-state index is 13.2. The summed E-state index contributed by atoms with van der Waals surface area (Å²) in [5, 5.41) is 11.1. The molecule has 3 rings (SSSR count). The lowest BCUT2D eigenvalue weighted by Crippen LogP contribution is -2.42. The highest BCUT2D eigenvalue weighted by molar-refractivity contribution is 7.89. The summed E-state index contributed by atoms with van der Waals surface area (Å²) < 4.78 is 40.8. The molecule has 0 aromatic heterocycles. The van der Waals surface area contributed by atoms with E-state index >= 15 is 0 Å². The average Bonchev–Trinajstić information content (AvgIpc) is 3.38. The predicted molar refractivity (Wildman–Crippen MR) is 89.4 cm³/mol. The van der Waals surface area contributed by atoms with Crippen LogP contribution in [0.25, 0.3) is 0 Å². The van der Waals surface area contributed by atoms with Crippen LogP contribution in [0.1, 0.15) is 24.0 Å². The molecule has 2 N–H and O–H groups in total. The summed E-state index contributed by atoms with van der Waals surface area (Å²) in [5.41, 5.74) is -0.203. The first kappa shape index (κ1) is 17.1. The molecule has 1 fully saturated rings. The molecular weight excluding hydrogens is 329 g/mol. The maximum Gasteiger partial charge on any atom is 0.240 e. The lowest BCUT2D eigenvalue weighted by Gasteiger charge is -2.29. The molecule has 0 heterocycles.